The number of carboxylic acid groups (broad SMARTS) is 1. The van der Waals surface area contributed by atoms with E-state index in [1.54, 1.807) is 0 Å². The molecule has 0 saturated carbocycles. The van der Waals surface area contributed by atoms with Crippen molar-refractivity contribution in [1.29, 1.82) is 0 Å². The van der Waals surface area contributed by atoms with E-state index in [0.29, 0.717) is 0 Å². The van der Waals surface area contributed by atoms with E-state index < -0.39 is 5.97 Å². The van der Waals surface area contributed by atoms with Crippen LogP contribution in [-0.4, -0.2) is 65.5 Å². The van der Waals surface area contributed by atoms with E-state index in [-0.39, 0.29) is 24.5 Å². The van der Waals surface area contributed by atoms with E-state index in [2.05, 4.69) is 10.2 Å². The molecule has 25 heavy (non-hydrogen) atoms. The number of piperidine rings is 1. The van der Waals surface area contributed by atoms with Gasteiger partial charge in [-0.2, -0.15) is 0 Å². The number of amides is 1. The second-order valence-electron chi connectivity index (χ2n) is 7.06. The third-order valence-electron chi connectivity index (χ3n) is 5.09. The Hall–Kier alpha value is -1.92. The largest absolute Gasteiger partial charge is 0.480 e. The van der Waals surface area contributed by atoms with Crippen LogP contribution in [0, 0.1) is 13.8 Å². The normalized spacial score (nSPS) is 17.5. The van der Waals surface area contributed by atoms with Gasteiger partial charge in [-0.3, -0.25) is 19.4 Å². The minimum atomic E-state index is -0.800. The van der Waals surface area contributed by atoms with Gasteiger partial charge in [-0.15, -0.1) is 0 Å². The van der Waals surface area contributed by atoms with Crippen LogP contribution in [-0.2, 0) is 9.59 Å². The Labute approximate surface area is 149 Å². The lowest BCUT2D eigenvalue weighted by Gasteiger charge is -2.38. The van der Waals surface area contributed by atoms with Gasteiger partial charge in [0.2, 0.25) is 5.91 Å². The van der Waals surface area contributed by atoms with Crippen LogP contribution in [0.25, 0.3) is 0 Å². The molecule has 6 nitrogen and oxygen atoms in total. The molecule has 1 fully saturated rings. The van der Waals surface area contributed by atoms with Crippen molar-refractivity contribution in [2.75, 3.05) is 32.0 Å². The Morgan fingerprint density at radius 2 is 1.96 bits per heavy atom. The molecule has 1 aliphatic rings. The van der Waals surface area contributed by atoms with E-state index >= 15 is 0 Å². The first-order valence-electron chi connectivity index (χ1n) is 8.82. The summed E-state index contributed by atoms with van der Waals surface area (Å²) in [6.45, 7) is 7.60. The number of likely N-dealkylation sites (tertiary alicyclic amines) is 1. The van der Waals surface area contributed by atoms with E-state index in [1.807, 2.05) is 50.9 Å². The lowest BCUT2D eigenvalue weighted by Crippen LogP contribution is -2.50. The first kappa shape index (κ1) is 19.4. The third-order valence-corrected chi connectivity index (χ3v) is 5.09. The number of nitrogens with one attached hydrogen (secondary N) is 1. The molecule has 1 heterocycles. The molecular formula is C19H29N3O3. The first-order chi connectivity index (χ1) is 11.8. The number of carboxylic acids is 1. The lowest BCUT2D eigenvalue weighted by molar-refractivity contribution is -0.138. The second kappa shape index (κ2) is 8.45. The van der Waals surface area contributed by atoms with Gasteiger partial charge in [-0.1, -0.05) is 12.1 Å². The highest BCUT2D eigenvalue weighted by molar-refractivity contribution is 5.95. The number of carbonyl (C=O) groups is 2. The molecule has 2 N–H and O–H groups in total. The monoisotopic (exact) mass is 347 g/mol. The van der Waals surface area contributed by atoms with Crippen molar-refractivity contribution in [3.05, 3.63) is 29.3 Å². The molecule has 0 aromatic heterocycles. The average molecular weight is 347 g/mol. The van der Waals surface area contributed by atoms with Gasteiger partial charge in [0, 0.05) is 24.8 Å². The molecule has 1 amide bonds. The minimum Gasteiger partial charge on any atom is -0.480 e. The SMILES string of the molecule is Cc1ccc(C)c(NC(=O)C(C)N2CCC(N(C)CC(=O)O)CC2)c1. The minimum absolute atomic E-state index is 0.00559. The number of benzene rings is 1. The fourth-order valence-electron chi connectivity index (χ4n) is 3.33. The summed E-state index contributed by atoms with van der Waals surface area (Å²) in [5.41, 5.74) is 3.05. The number of hydrogen-bond donors (Lipinski definition) is 2. The van der Waals surface area contributed by atoms with E-state index in [9.17, 15) is 9.59 Å². The molecule has 1 aromatic carbocycles. The molecule has 1 aromatic rings. The predicted molar refractivity (Wildman–Crippen MR) is 98.9 cm³/mol. The van der Waals surface area contributed by atoms with Crippen LogP contribution in [0.15, 0.2) is 18.2 Å². The molecule has 1 saturated heterocycles. The van der Waals surface area contributed by atoms with Crippen LogP contribution in [0.5, 0.6) is 0 Å². The summed E-state index contributed by atoms with van der Waals surface area (Å²) in [6.07, 6.45) is 1.76. The number of aryl methyl sites for hydroxylation is 2. The van der Waals surface area contributed by atoms with Gasteiger partial charge in [0.1, 0.15) is 0 Å². The van der Waals surface area contributed by atoms with Crippen LogP contribution in [0.1, 0.15) is 30.9 Å². The molecule has 138 valence electrons. The van der Waals surface area contributed by atoms with Gasteiger partial charge in [0.15, 0.2) is 0 Å². The standard InChI is InChI=1S/C19H29N3O3/c1-13-5-6-14(2)17(11-13)20-19(25)15(3)22-9-7-16(8-10-22)21(4)12-18(23)24/h5-6,11,15-16H,7-10,12H2,1-4H3,(H,20,25)(H,23,24). The van der Waals surface area contributed by atoms with Gasteiger partial charge in [-0.25, -0.2) is 0 Å². The summed E-state index contributed by atoms with van der Waals surface area (Å²) >= 11 is 0. The van der Waals surface area contributed by atoms with Crippen molar-refractivity contribution in [2.24, 2.45) is 0 Å². The van der Waals surface area contributed by atoms with Crippen LogP contribution >= 0.6 is 0 Å². The van der Waals surface area contributed by atoms with Crippen LogP contribution in [0.4, 0.5) is 5.69 Å². The maximum absolute atomic E-state index is 12.6. The van der Waals surface area contributed by atoms with Crippen LogP contribution in [0.3, 0.4) is 0 Å². The summed E-state index contributed by atoms with van der Waals surface area (Å²) in [6, 6.07) is 6.10. The second-order valence-corrected chi connectivity index (χ2v) is 7.06. The zero-order chi connectivity index (χ0) is 18.6. The summed E-state index contributed by atoms with van der Waals surface area (Å²) in [5.74, 6) is -0.794. The van der Waals surface area contributed by atoms with Gasteiger partial charge < -0.3 is 10.4 Å². The molecule has 0 bridgehead atoms. The Kier molecular flexibility index (Phi) is 6.56. The summed E-state index contributed by atoms with van der Waals surface area (Å²) in [5, 5.41) is 11.9. The maximum Gasteiger partial charge on any atom is 0.317 e. The van der Waals surface area contributed by atoms with Crippen molar-refractivity contribution in [3.8, 4) is 0 Å². The topological polar surface area (TPSA) is 72.9 Å². The molecule has 0 aliphatic carbocycles. The summed E-state index contributed by atoms with van der Waals surface area (Å²) in [7, 11) is 1.85. The predicted octanol–water partition coefficient (Wildman–Crippen LogP) is 2.11. The number of anilines is 1. The fourth-order valence-corrected chi connectivity index (χ4v) is 3.33. The number of hydrogen-bond acceptors (Lipinski definition) is 4. The molecule has 0 spiro atoms. The van der Waals surface area contributed by atoms with Crippen molar-refractivity contribution in [1.82, 2.24) is 9.80 Å². The fraction of sp³-hybridized carbons (Fsp3) is 0.579. The summed E-state index contributed by atoms with van der Waals surface area (Å²) in [4.78, 5) is 27.5. The quantitative estimate of drug-likeness (QED) is 0.825. The zero-order valence-electron chi connectivity index (χ0n) is 15.6. The molecule has 6 heteroatoms. The number of likely N-dealkylation sites (N-methyl/N-ethyl adjacent to an activating group) is 1. The molecule has 2 rings (SSSR count). The molecule has 1 aliphatic heterocycles. The average Bonchev–Trinajstić information content (AvgIpc) is 2.57. The highest BCUT2D eigenvalue weighted by Crippen LogP contribution is 2.20. The van der Waals surface area contributed by atoms with Crippen molar-refractivity contribution < 1.29 is 14.7 Å². The third kappa shape index (κ3) is 5.28. The van der Waals surface area contributed by atoms with Crippen molar-refractivity contribution in [2.45, 2.75) is 45.7 Å². The Morgan fingerprint density at radius 3 is 2.56 bits per heavy atom. The zero-order valence-corrected chi connectivity index (χ0v) is 15.6. The maximum atomic E-state index is 12.6. The van der Waals surface area contributed by atoms with Gasteiger partial charge in [0.05, 0.1) is 12.6 Å². The molecule has 0 radical (unpaired) electrons. The first-order valence-corrected chi connectivity index (χ1v) is 8.82. The van der Waals surface area contributed by atoms with Crippen molar-refractivity contribution in [3.63, 3.8) is 0 Å². The Balaban J connectivity index is 1.89. The van der Waals surface area contributed by atoms with Gasteiger partial charge >= 0.3 is 5.97 Å². The number of nitrogens with zero attached hydrogens (tertiary/aromatic N) is 2. The van der Waals surface area contributed by atoms with Gasteiger partial charge in [0.25, 0.3) is 0 Å². The number of carbonyl (C=O) groups excluding carboxylic acids is 1. The smallest absolute Gasteiger partial charge is 0.317 e. The van der Waals surface area contributed by atoms with E-state index in [0.717, 1.165) is 42.7 Å². The number of rotatable bonds is 6. The van der Waals surface area contributed by atoms with Crippen molar-refractivity contribution >= 4 is 17.6 Å². The van der Waals surface area contributed by atoms with E-state index in [1.165, 1.54) is 0 Å². The highest BCUT2D eigenvalue weighted by Gasteiger charge is 2.28. The molecular weight excluding hydrogens is 318 g/mol. The Bertz CT molecular complexity index is 624. The van der Waals surface area contributed by atoms with Crippen LogP contribution in [0.2, 0.25) is 0 Å². The highest BCUT2D eigenvalue weighted by atomic mass is 16.4. The molecule has 1 unspecified atom stereocenters. The molecule has 1 atom stereocenters. The lowest BCUT2D eigenvalue weighted by atomic mass is 10.0. The van der Waals surface area contributed by atoms with Gasteiger partial charge in [-0.05, 0) is 57.9 Å². The number of aliphatic carboxylic acids is 1. The Morgan fingerprint density at radius 1 is 1.32 bits per heavy atom. The van der Waals surface area contributed by atoms with E-state index in [4.69, 9.17) is 5.11 Å². The summed E-state index contributed by atoms with van der Waals surface area (Å²) < 4.78 is 0. The van der Waals surface area contributed by atoms with Crippen LogP contribution < -0.4 is 5.32 Å².